The van der Waals surface area contributed by atoms with E-state index in [9.17, 15) is 0 Å². The molecule has 0 aromatic carbocycles. The Labute approximate surface area is 50.9 Å². The lowest BCUT2D eigenvalue weighted by molar-refractivity contribution is 0.318. The zero-order valence-electron chi connectivity index (χ0n) is 5.59. The second-order valence-corrected chi connectivity index (χ2v) is 2.54. The van der Waals surface area contributed by atoms with Crippen LogP contribution >= 0.6 is 0 Å². The Kier molecular flexibility index (Phi) is 1.86. The fourth-order valence-corrected chi connectivity index (χ4v) is 0.993. The van der Waals surface area contributed by atoms with Gasteiger partial charge in [-0.05, 0) is 20.1 Å². The van der Waals surface area contributed by atoms with Gasteiger partial charge < -0.3 is 10.2 Å². The van der Waals surface area contributed by atoms with Gasteiger partial charge in [0.2, 0.25) is 0 Å². The first-order chi connectivity index (χ1) is 3.80. The summed E-state index contributed by atoms with van der Waals surface area (Å²) in [5, 5.41) is 4.24. The monoisotopic (exact) mass is 113 g/mol. The first-order valence-corrected chi connectivity index (χ1v) is 3.10. The molecule has 1 fully saturated rings. The largest absolute Gasteiger partial charge is 0.661 e. The van der Waals surface area contributed by atoms with Gasteiger partial charge in [0.15, 0.2) is 0 Å². The Morgan fingerprint density at radius 3 is 2.50 bits per heavy atom. The topological polar surface area (TPSA) is 17.3 Å². The maximum Gasteiger partial charge on any atom is -0.0115 e. The molecule has 2 nitrogen and oxygen atoms in total. The van der Waals surface area contributed by atoms with Crippen LogP contribution in [0.3, 0.4) is 0 Å². The quantitative estimate of drug-likeness (QED) is 0.489. The smallest absolute Gasteiger partial charge is 0.0115 e. The van der Waals surface area contributed by atoms with Crippen molar-refractivity contribution in [2.75, 3.05) is 27.2 Å². The van der Waals surface area contributed by atoms with Crippen LogP contribution in [0.4, 0.5) is 0 Å². The number of nitrogens with zero attached hydrogens (tertiary/aromatic N) is 2. The lowest BCUT2D eigenvalue weighted by Gasteiger charge is -2.20. The van der Waals surface area contributed by atoms with E-state index in [-0.39, 0.29) is 0 Å². The van der Waals surface area contributed by atoms with Crippen molar-refractivity contribution >= 4 is 0 Å². The average Bonchev–Trinajstić information content (AvgIpc) is 2.12. The molecule has 0 aliphatic carbocycles. The van der Waals surface area contributed by atoms with Gasteiger partial charge in [-0.15, -0.1) is 13.1 Å². The van der Waals surface area contributed by atoms with Crippen molar-refractivity contribution in [1.29, 1.82) is 0 Å². The first kappa shape index (κ1) is 6.05. The summed E-state index contributed by atoms with van der Waals surface area (Å²) in [6.07, 6.45) is 1.26. The molecule has 0 aromatic rings. The predicted octanol–water partition coefficient (Wildman–Crippen LogP) is 0.694. The SMILES string of the molecule is CN(C)C1CC[N-]C1. The zero-order valence-corrected chi connectivity index (χ0v) is 5.59. The maximum absolute atomic E-state index is 4.24. The Bertz CT molecular complexity index is 64.9. The van der Waals surface area contributed by atoms with Crippen LogP contribution in [0, 0.1) is 0 Å². The second kappa shape index (κ2) is 2.46. The van der Waals surface area contributed by atoms with E-state index in [1.807, 2.05) is 0 Å². The van der Waals surface area contributed by atoms with Crippen LogP contribution in [-0.4, -0.2) is 38.1 Å². The van der Waals surface area contributed by atoms with Crippen LogP contribution in [0.15, 0.2) is 0 Å². The van der Waals surface area contributed by atoms with Crippen LogP contribution in [0.5, 0.6) is 0 Å². The molecule has 1 atom stereocenters. The summed E-state index contributed by atoms with van der Waals surface area (Å²) in [4.78, 5) is 2.25. The number of rotatable bonds is 1. The minimum Gasteiger partial charge on any atom is -0.661 e. The van der Waals surface area contributed by atoms with E-state index in [2.05, 4.69) is 24.3 Å². The average molecular weight is 113 g/mol. The Hall–Kier alpha value is -0.0800. The van der Waals surface area contributed by atoms with Gasteiger partial charge in [0.1, 0.15) is 0 Å². The molecule has 2 heteroatoms. The second-order valence-electron chi connectivity index (χ2n) is 2.54. The summed E-state index contributed by atoms with van der Waals surface area (Å²) in [6.45, 7) is 2.12. The molecule has 0 aromatic heterocycles. The molecule has 48 valence electrons. The molecular formula is C6H13N2-. The van der Waals surface area contributed by atoms with E-state index in [4.69, 9.17) is 0 Å². The van der Waals surface area contributed by atoms with Gasteiger partial charge in [-0.25, -0.2) is 0 Å². The van der Waals surface area contributed by atoms with Gasteiger partial charge in [-0.1, -0.05) is 6.42 Å². The van der Waals surface area contributed by atoms with Crippen molar-refractivity contribution in [2.24, 2.45) is 0 Å². The Balaban J connectivity index is 2.24. The van der Waals surface area contributed by atoms with Gasteiger partial charge >= 0.3 is 0 Å². The molecule has 0 bridgehead atoms. The van der Waals surface area contributed by atoms with Crippen molar-refractivity contribution in [3.63, 3.8) is 0 Å². The minimum atomic E-state index is 0.731. The van der Waals surface area contributed by atoms with Gasteiger partial charge in [-0.2, -0.15) is 0 Å². The van der Waals surface area contributed by atoms with E-state index >= 15 is 0 Å². The molecule has 1 unspecified atom stereocenters. The highest BCUT2D eigenvalue weighted by atomic mass is 15.1. The van der Waals surface area contributed by atoms with Crippen LogP contribution in [0.2, 0.25) is 0 Å². The number of hydrogen-bond acceptors (Lipinski definition) is 1. The van der Waals surface area contributed by atoms with E-state index < -0.39 is 0 Å². The van der Waals surface area contributed by atoms with Crippen LogP contribution in [0.1, 0.15) is 6.42 Å². The molecule has 8 heavy (non-hydrogen) atoms. The molecule has 0 spiro atoms. The molecule has 1 aliphatic rings. The summed E-state index contributed by atoms with van der Waals surface area (Å²) < 4.78 is 0. The lowest BCUT2D eigenvalue weighted by atomic mass is 10.2. The van der Waals surface area contributed by atoms with Crippen molar-refractivity contribution < 1.29 is 0 Å². The molecule has 1 aliphatic heterocycles. The molecule has 0 amide bonds. The number of hydrogen-bond donors (Lipinski definition) is 0. The number of likely N-dealkylation sites (N-methyl/N-ethyl adjacent to an activating group) is 1. The highest BCUT2D eigenvalue weighted by Crippen LogP contribution is 2.12. The first-order valence-electron chi connectivity index (χ1n) is 3.10. The third-order valence-corrected chi connectivity index (χ3v) is 1.69. The summed E-state index contributed by atoms with van der Waals surface area (Å²) >= 11 is 0. The van der Waals surface area contributed by atoms with E-state index in [1.165, 1.54) is 6.42 Å². The van der Waals surface area contributed by atoms with Gasteiger partial charge in [0, 0.05) is 0 Å². The molecule has 1 heterocycles. The van der Waals surface area contributed by atoms with Crippen molar-refractivity contribution in [3.05, 3.63) is 5.32 Å². The van der Waals surface area contributed by atoms with Crippen LogP contribution < -0.4 is 0 Å². The third kappa shape index (κ3) is 1.20. The van der Waals surface area contributed by atoms with Crippen LogP contribution in [0.25, 0.3) is 5.32 Å². The molecule has 1 saturated heterocycles. The van der Waals surface area contributed by atoms with Crippen molar-refractivity contribution in [1.82, 2.24) is 4.90 Å². The Morgan fingerprint density at radius 1 is 1.50 bits per heavy atom. The van der Waals surface area contributed by atoms with E-state index in [0.717, 1.165) is 19.1 Å². The predicted molar refractivity (Wildman–Crippen MR) is 35.2 cm³/mol. The third-order valence-electron chi connectivity index (χ3n) is 1.69. The van der Waals surface area contributed by atoms with Crippen molar-refractivity contribution in [3.8, 4) is 0 Å². The Morgan fingerprint density at radius 2 is 2.25 bits per heavy atom. The van der Waals surface area contributed by atoms with Crippen molar-refractivity contribution in [2.45, 2.75) is 12.5 Å². The summed E-state index contributed by atoms with van der Waals surface area (Å²) in [6, 6.07) is 0.731. The van der Waals surface area contributed by atoms with E-state index in [1.54, 1.807) is 0 Å². The highest BCUT2D eigenvalue weighted by molar-refractivity contribution is 4.95. The van der Waals surface area contributed by atoms with Gasteiger partial charge in [-0.3, -0.25) is 0 Å². The normalized spacial score (nSPS) is 29.6. The van der Waals surface area contributed by atoms with Gasteiger partial charge in [0.25, 0.3) is 0 Å². The van der Waals surface area contributed by atoms with Gasteiger partial charge in [0.05, 0.1) is 0 Å². The summed E-state index contributed by atoms with van der Waals surface area (Å²) in [5.41, 5.74) is 0. The molecular weight excluding hydrogens is 100 g/mol. The summed E-state index contributed by atoms with van der Waals surface area (Å²) in [5.74, 6) is 0. The minimum absolute atomic E-state index is 0.731. The maximum atomic E-state index is 4.24. The highest BCUT2D eigenvalue weighted by Gasteiger charge is 2.07. The molecule has 0 saturated carbocycles. The standard InChI is InChI=1S/C6H13N2/c1-8(2)6-3-4-7-5-6/h6H,3-5H2,1-2H3/q-1. The fourth-order valence-electron chi connectivity index (χ4n) is 0.993. The lowest BCUT2D eigenvalue weighted by Crippen LogP contribution is -2.27. The molecule has 0 N–H and O–H groups in total. The molecule has 1 rings (SSSR count). The fraction of sp³-hybridized carbons (Fsp3) is 1.00. The van der Waals surface area contributed by atoms with Crippen LogP contribution in [-0.2, 0) is 0 Å². The molecule has 0 radical (unpaired) electrons. The zero-order chi connectivity index (χ0) is 5.98. The van der Waals surface area contributed by atoms with E-state index in [0.29, 0.717) is 0 Å². The summed E-state index contributed by atoms with van der Waals surface area (Å²) in [7, 11) is 4.23.